The fourth-order valence-electron chi connectivity index (χ4n) is 1.73. The molecule has 0 radical (unpaired) electrons. The highest BCUT2D eigenvalue weighted by atomic mass is 79.9. The molecule has 0 atom stereocenters. The second-order valence-electron chi connectivity index (χ2n) is 3.87. The Balaban J connectivity index is 2.88. The SMILES string of the molecule is CCOC(=O)Cc1ccc(C#N)cc1CCCBr. The van der Waals surface area contributed by atoms with Gasteiger partial charge >= 0.3 is 5.97 Å². The van der Waals surface area contributed by atoms with Crippen LogP contribution >= 0.6 is 15.9 Å². The number of alkyl halides is 1. The summed E-state index contributed by atoms with van der Waals surface area (Å²) in [7, 11) is 0. The summed E-state index contributed by atoms with van der Waals surface area (Å²) in [6.07, 6.45) is 2.11. The average molecular weight is 310 g/mol. The van der Waals surface area contributed by atoms with Crippen molar-refractivity contribution in [2.24, 2.45) is 0 Å². The Morgan fingerprint density at radius 2 is 2.22 bits per heavy atom. The van der Waals surface area contributed by atoms with Crippen molar-refractivity contribution in [3.63, 3.8) is 0 Å². The van der Waals surface area contributed by atoms with Gasteiger partial charge in [0, 0.05) is 5.33 Å². The zero-order valence-electron chi connectivity index (χ0n) is 10.4. The normalized spacial score (nSPS) is 9.83. The van der Waals surface area contributed by atoms with Gasteiger partial charge in [-0.1, -0.05) is 22.0 Å². The molecule has 0 bridgehead atoms. The van der Waals surface area contributed by atoms with Gasteiger partial charge in [-0.25, -0.2) is 0 Å². The van der Waals surface area contributed by atoms with Gasteiger partial charge in [-0.05, 0) is 43.0 Å². The summed E-state index contributed by atoms with van der Waals surface area (Å²) in [5.41, 5.74) is 2.64. The van der Waals surface area contributed by atoms with Gasteiger partial charge in [0.1, 0.15) is 0 Å². The first-order valence-corrected chi connectivity index (χ1v) is 7.07. The Kier molecular flexibility index (Phi) is 6.45. The first kappa shape index (κ1) is 14.7. The quantitative estimate of drug-likeness (QED) is 0.599. The lowest BCUT2D eigenvalue weighted by molar-refractivity contribution is -0.142. The second kappa shape index (κ2) is 7.88. The molecule has 1 aromatic rings. The van der Waals surface area contributed by atoms with Crippen molar-refractivity contribution in [3.8, 4) is 6.07 Å². The van der Waals surface area contributed by atoms with E-state index >= 15 is 0 Å². The lowest BCUT2D eigenvalue weighted by Crippen LogP contribution is -2.09. The van der Waals surface area contributed by atoms with Crippen LogP contribution in [0, 0.1) is 11.3 Å². The summed E-state index contributed by atoms with van der Waals surface area (Å²) in [6.45, 7) is 2.19. The molecule has 0 aliphatic heterocycles. The van der Waals surface area contributed by atoms with Crippen molar-refractivity contribution >= 4 is 21.9 Å². The summed E-state index contributed by atoms with van der Waals surface area (Å²) in [5, 5.41) is 9.80. The van der Waals surface area contributed by atoms with Gasteiger partial charge in [0.25, 0.3) is 0 Å². The van der Waals surface area contributed by atoms with E-state index in [9.17, 15) is 4.79 Å². The summed E-state index contributed by atoms with van der Waals surface area (Å²) in [6, 6.07) is 7.57. The molecule has 0 amide bonds. The van der Waals surface area contributed by atoms with Gasteiger partial charge in [-0.15, -0.1) is 0 Å². The highest BCUT2D eigenvalue weighted by Gasteiger charge is 2.09. The Labute approximate surface area is 116 Å². The topological polar surface area (TPSA) is 50.1 Å². The molecule has 3 nitrogen and oxygen atoms in total. The largest absolute Gasteiger partial charge is 0.466 e. The number of ether oxygens (including phenoxy) is 1. The van der Waals surface area contributed by atoms with Gasteiger partial charge < -0.3 is 4.74 Å². The molecule has 0 aliphatic carbocycles. The van der Waals surface area contributed by atoms with Gasteiger partial charge in [0.15, 0.2) is 0 Å². The van der Waals surface area contributed by atoms with E-state index in [4.69, 9.17) is 10.00 Å². The van der Waals surface area contributed by atoms with Crippen LogP contribution in [-0.2, 0) is 22.4 Å². The molecule has 0 spiro atoms. The van der Waals surface area contributed by atoms with E-state index in [-0.39, 0.29) is 12.4 Å². The molecule has 0 N–H and O–H groups in total. The molecular weight excluding hydrogens is 294 g/mol. The third-order valence-electron chi connectivity index (χ3n) is 2.56. The van der Waals surface area contributed by atoms with E-state index in [1.54, 1.807) is 13.0 Å². The maximum absolute atomic E-state index is 11.5. The summed E-state index contributed by atoms with van der Waals surface area (Å²) in [5.74, 6) is -0.220. The van der Waals surface area contributed by atoms with Crippen molar-refractivity contribution < 1.29 is 9.53 Å². The summed E-state index contributed by atoms with van der Waals surface area (Å²) < 4.78 is 4.95. The van der Waals surface area contributed by atoms with E-state index in [1.165, 1.54) is 0 Å². The number of hydrogen-bond donors (Lipinski definition) is 0. The number of carbonyl (C=O) groups is 1. The monoisotopic (exact) mass is 309 g/mol. The minimum absolute atomic E-state index is 0.220. The Morgan fingerprint density at radius 1 is 1.44 bits per heavy atom. The first-order chi connectivity index (χ1) is 8.71. The third kappa shape index (κ3) is 4.50. The number of carbonyl (C=O) groups excluding carboxylic acids is 1. The highest BCUT2D eigenvalue weighted by molar-refractivity contribution is 9.09. The number of aryl methyl sites for hydroxylation is 1. The third-order valence-corrected chi connectivity index (χ3v) is 3.12. The minimum Gasteiger partial charge on any atom is -0.466 e. The maximum atomic E-state index is 11.5. The van der Waals surface area contributed by atoms with Crippen LogP contribution in [0.4, 0.5) is 0 Å². The maximum Gasteiger partial charge on any atom is 0.310 e. The molecule has 18 heavy (non-hydrogen) atoms. The molecular formula is C14H16BrNO2. The van der Waals surface area contributed by atoms with Gasteiger partial charge in [0.05, 0.1) is 24.7 Å². The van der Waals surface area contributed by atoms with E-state index < -0.39 is 0 Å². The number of rotatable bonds is 6. The molecule has 1 aromatic carbocycles. The molecule has 0 heterocycles. The van der Waals surface area contributed by atoms with Gasteiger partial charge in [-0.3, -0.25) is 4.79 Å². The van der Waals surface area contributed by atoms with Crippen molar-refractivity contribution in [2.45, 2.75) is 26.2 Å². The second-order valence-corrected chi connectivity index (χ2v) is 4.66. The molecule has 1 rings (SSSR count). The Bertz CT molecular complexity index is 452. The van der Waals surface area contributed by atoms with E-state index in [1.807, 2.05) is 12.1 Å². The van der Waals surface area contributed by atoms with Crippen molar-refractivity contribution in [2.75, 3.05) is 11.9 Å². The first-order valence-electron chi connectivity index (χ1n) is 5.94. The summed E-state index contributed by atoms with van der Waals surface area (Å²) >= 11 is 3.39. The lowest BCUT2D eigenvalue weighted by atomic mass is 9.98. The fraction of sp³-hybridized carbons (Fsp3) is 0.429. The van der Waals surface area contributed by atoms with Crippen LogP contribution in [0.15, 0.2) is 18.2 Å². The van der Waals surface area contributed by atoms with Crippen LogP contribution in [-0.4, -0.2) is 17.9 Å². The highest BCUT2D eigenvalue weighted by Crippen LogP contribution is 2.16. The number of benzene rings is 1. The molecule has 4 heteroatoms. The van der Waals surface area contributed by atoms with Gasteiger partial charge in [0.2, 0.25) is 0 Å². The van der Waals surface area contributed by atoms with Crippen LogP contribution in [0.25, 0.3) is 0 Å². The minimum atomic E-state index is -0.220. The van der Waals surface area contributed by atoms with E-state index in [0.29, 0.717) is 12.2 Å². The number of nitrogens with zero attached hydrogens (tertiary/aromatic N) is 1. The molecule has 0 unspecified atom stereocenters. The number of esters is 1. The molecule has 0 saturated heterocycles. The van der Waals surface area contributed by atoms with Crippen LogP contribution in [0.1, 0.15) is 30.0 Å². The fourth-order valence-corrected chi connectivity index (χ4v) is 2.01. The van der Waals surface area contributed by atoms with Gasteiger partial charge in [-0.2, -0.15) is 5.26 Å². The molecule has 96 valence electrons. The number of nitriles is 1. The number of halogens is 1. The average Bonchev–Trinajstić information content (AvgIpc) is 2.37. The van der Waals surface area contributed by atoms with E-state index in [0.717, 1.165) is 29.3 Å². The Hall–Kier alpha value is -1.34. The molecule has 0 saturated carbocycles. The predicted octanol–water partition coefficient (Wildman–Crippen LogP) is 2.99. The molecule has 0 aliphatic rings. The van der Waals surface area contributed by atoms with E-state index in [2.05, 4.69) is 22.0 Å². The van der Waals surface area contributed by atoms with Crippen LogP contribution in [0.3, 0.4) is 0 Å². The van der Waals surface area contributed by atoms with Crippen molar-refractivity contribution in [3.05, 3.63) is 34.9 Å². The molecule has 0 aromatic heterocycles. The zero-order valence-corrected chi connectivity index (χ0v) is 12.0. The van der Waals surface area contributed by atoms with Crippen LogP contribution in [0.5, 0.6) is 0 Å². The lowest BCUT2D eigenvalue weighted by Gasteiger charge is -2.09. The predicted molar refractivity (Wildman–Crippen MR) is 73.6 cm³/mol. The zero-order chi connectivity index (χ0) is 13.4. The van der Waals surface area contributed by atoms with Crippen molar-refractivity contribution in [1.29, 1.82) is 5.26 Å². The van der Waals surface area contributed by atoms with Crippen LogP contribution < -0.4 is 0 Å². The Morgan fingerprint density at radius 3 is 2.83 bits per heavy atom. The number of hydrogen-bond acceptors (Lipinski definition) is 3. The standard InChI is InChI=1S/C14H16BrNO2/c1-2-18-14(17)9-13-6-5-11(10-16)8-12(13)4-3-7-15/h5-6,8H,2-4,7,9H2,1H3. The van der Waals surface area contributed by atoms with Crippen molar-refractivity contribution in [1.82, 2.24) is 0 Å². The van der Waals surface area contributed by atoms with Crippen LogP contribution in [0.2, 0.25) is 0 Å². The summed E-state index contributed by atoms with van der Waals surface area (Å²) in [4.78, 5) is 11.5. The smallest absolute Gasteiger partial charge is 0.310 e. The molecule has 0 fully saturated rings.